The summed E-state index contributed by atoms with van der Waals surface area (Å²) in [4.78, 5) is 13.7. The summed E-state index contributed by atoms with van der Waals surface area (Å²) in [7, 11) is 0. The molecular formula is C19H29N3O. The Morgan fingerprint density at radius 3 is 2.35 bits per heavy atom. The number of anilines is 2. The summed E-state index contributed by atoms with van der Waals surface area (Å²) < 4.78 is 0. The van der Waals surface area contributed by atoms with Crippen molar-refractivity contribution in [2.24, 2.45) is 0 Å². The number of amides is 1. The van der Waals surface area contributed by atoms with E-state index in [2.05, 4.69) is 39.8 Å². The molecule has 1 aliphatic heterocycles. The maximum Gasteiger partial charge on any atom is 0.217 e. The summed E-state index contributed by atoms with van der Waals surface area (Å²) in [6, 6.07) is 9.61. The van der Waals surface area contributed by atoms with Gasteiger partial charge in [0, 0.05) is 32.1 Å². The van der Waals surface area contributed by atoms with Gasteiger partial charge in [-0.1, -0.05) is 12.1 Å². The van der Waals surface area contributed by atoms with Crippen LogP contribution in [0.2, 0.25) is 0 Å². The molecule has 1 amide bonds. The smallest absolute Gasteiger partial charge is 0.217 e. The summed E-state index contributed by atoms with van der Waals surface area (Å²) in [6.45, 7) is 3.96. The molecule has 1 saturated heterocycles. The average molecular weight is 315 g/mol. The van der Waals surface area contributed by atoms with E-state index in [1.54, 1.807) is 6.92 Å². The van der Waals surface area contributed by atoms with Crippen LogP contribution in [0.5, 0.6) is 0 Å². The molecule has 1 aliphatic carbocycles. The SMILES string of the molecule is CC(=O)NC1CCC(Nc2ccccc2N2CCCCC2)CC1. The third kappa shape index (κ3) is 4.40. The predicted octanol–water partition coefficient (Wildman–Crippen LogP) is 3.54. The van der Waals surface area contributed by atoms with Crippen molar-refractivity contribution in [3.8, 4) is 0 Å². The van der Waals surface area contributed by atoms with Gasteiger partial charge in [-0.05, 0) is 57.1 Å². The predicted molar refractivity (Wildman–Crippen MR) is 96.0 cm³/mol. The molecule has 1 aromatic rings. The monoisotopic (exact) mass is 315 g/mol. The molecule has 4 nitrogen and oxygen atoms in total. The fourth-order valence-electron chi connectivity index (χ4n) is 3.90. The van der Waals surface area contributed by atoms with Crippen molar-refractivity contribution in [3.63, 3.8) is 0 Å². The van der Waals surface area contributed by atoms with Crippen molar-refractivity contribution in [1.82, 2.24) is 5.32 Å². The van der Waals surface area contributed by atoms with Gasteiger partial charge in [0.2, 0.25) is 5.91 Å². The minimum atomic E-state index is 0.0943. The molecule has 0 radical (unpaired) electrons. The van der Waals surface area contributed by atoms with E-state index in [9.17, 15) is 4.79 Å². The first-order valence-electron chi connectivity index (χ1n) is 9.10. The third-order valence-corrected chi connectivity index (χ3v) is 5.09. The van der Waals surface area contributed by atoms with Crippen LogP contribution in [0.3, 0.4) is 0 Å². The lowest BCUT2D eigenvalue weighted by Gasteiger charge is -2.34. The molecule has 1 heterocycles. The van der Waals surface area contributed by atoms with Gasteiger partial charge in [0.05, 0.1) is 11.4 Å². The molecule has 0 bridgehead atoms. The molecule has 2 aliphatic rings. The number of benzene rings is 1. The largest absolute Gasteiger partial charge is 0.381 e. The summed E-state index contributed by atoms with van der Waals surface area (Å²) in [6.07, 6.45) is 8.36. The Morgan fingerprint density at radius 2 is 1.65 bits per heavy atom. The van der Waals surface area contributed by atoms with Gasteiger partial charge in [0.1, 0.15) is 0 Å². The molecule has 1 saturated carbocycles. The minimum Gasteiger partial charge on any atom is -0.381 e. The van der Waals surface area contributed by atoms with Crippen LogP contribution in [0.4, 0.5) is 11.4 Å². The Balaban J connectivity index is 1.59. The summed E-state index contributed by atoms with van der Waals surface area (Å²) in [5.74, 6) is 0.0943. The first-order chi connectivity index (χ1) is 11.2. The number of piperidine rings is 1. The van der Waals surface area contributed by atoms with E-state index in [-0.39, 0.29) is 5.91 Å². The lowest BCUT2D eigenvalue weighted by atomic mass is 9.91. The summed E-state index contributed by atoms with van der Waals surface area (Å²) in [5.41, 5.74) is 2.63. The lowest BCUT2D eigenvalue weighted by molar-refractivity contribution is -0.119. The van der Waals surface area contributed by atoms with E-state index in [0.717, 1.165) is 25.7 Å². The van der Waals surface area contributed by atoms with Crippen molar-refractivity contribution in [3.05, 3.63) is 24.3 Å². The maximum atomic E-state index is 11.2. The second-order valence-corrected chi connectivity index (χ2v) is 6.96. The number of hydrogen-bond acceptors (Lipinski definition) is 3. The van der Waals surface area contributed by atoms with Gasteiger partial charge >= 0.3 is 0 Å². The Bertz CT molecular complexity index is 517. The summed E-state index contributed by atoms with van der Waals surface area (Å²) >= 11 is 0. The van der Waals surface area contributed by atoms with Crippen LogP contribution in [0, 0.1) is 0 Å². The quantitative estimate of drug-likeness (QED) is 0.893. The van der Waals surface area contributed by atoms with E-state index in [0.29, 0.717) is 12.1 Å². The zero-order chi connectivity index (χ0) is 16.1. The Hall–Kier alpha value is -1.71. The molecule has 4 heteroatoms. The van der Waals surface area contributed by atoms with Crippen LogP contribution >= 0.6 is 0 Å². The molecule has 23 heavy (non-hydrogen) atoms. The zero-order valence-corrected chi connectivity index (χ0v) is 14.2. The van der Waals surface area contributed by atoms with Gasteiger partial charge < -0.3 is 15.5 Å². The maximum absolute atomic E-state index is 11.2. The molecule has 0 aromatic heterocycles. The van der Waals surface area contributed by atoms with E-state index >= 15 is 0 Å². The molecule has 3 rings (SSSR count). The van der Waals surface area contributed by atoms with Gasteiger partial charge in [0.15, 0.2) is 0 Å². The average Bonchev–Trinajstić information content (AvgIpc) is 2.57. The fourth-order valence-corrected chi connectivity index (χ4v) is 3.90. The normalized spacial score (nSPS) is 25.0. The van der Waals surface area contributed by atoms with E-state index in [4.69, 9.17) is 0 Å². The highest BCUT2D eigenvalue weighted by atomic mass is 16.1. The van der Waals surface area contributed by atoms with Crippen molar-refractivity contribution in [2.45, 2.75) is 64.0 Å². The van der Waals surface area contributed by atoms with E-state index in [1.807, 2.05) is 0 Å². The molecule has 2 N–H and O–H groups in total. The molecule has 0 spiro atoms. The minimum absolute atomic E-state index is 0.0943. The van der Waals surface area contributed by atoms with Gasteiger partial charge in [-0.3, -0.25) is 4.79 Å². The lowest BCUT2D eigenvalue weighted by Crippen LogP contribution is -2.39. The van der Waals surface area contributed by atoms with Crippen molar-refractivity contribution in [2.75, 3.05) is 23.3 Å². The Morgan fingerprint density at radius 1 is 1.00 bits per heavy atom. The Labute approximate surface area is 139 Å². The van der Waals surface area contributed by atoms with Crippen LogP contribution in [0.15, 0.2) is 24.3 Å². The van der Waals surface area contributed by atoms with Crippen LogP contribution in [0.1, 0.15) is 51.9 Å². The molecule has 126 valence electrons. The second kappa shape index (κ2) is 7.71. The highest BCUT2D eigenvalue weighted by Gasteiger charge is 2.23. The van der Waals surface area contributed by atoms with Gasteiger partial charge in [-0.15, -0.1) is 0 Å². The highest BCUT2D eigenvalue weighted by molar-refractivity contribution is 5.73. The summed E-state index contributed by atoms with van der Waals surface area (Å²) in [5, 5.41) is 6.82. The molecule has 0 unspecified atom stereocenters. The first kappa shape index (κ1) is 16.2. The topological polar surface area (TPSA) is 44.4 Å². The number of nitrogens with one attached hydrogen (secondary N) is 2. The van der Waals surface area contributed by atoms with E-state index < -0.39 is 0 Å². The number of hydrogen-bond donors (Lipinski definition) is 2. The van der Waals surface area contributed by atoms with Crippen molar-refractivity contribution >= 4 is 17.3 Å². The van der Waals surface area contributed by atoms with E-state index in [1.165, 1.54) is 43.7 Å². The van der Waals surface area contributed by atoms with Gasteiger partial charge in [-0.2, -0.15) is 0 Å². The number of carbonyl (C=O) groups is 1. The molecule has 0 atom stereocenters. The standard InChI is InChI=1S/C19H29N3O/c1-15(23)20-16-9-11-17(12-10-16)21-18-7-3-4-8-19(18)22-13-5-2-6-14-22/h3-4,7-8,16-17,21H,2,5-6,9-14H2,1H3,(H,20,23). The number of nitrogens with zero attached hydrogens (tertiary/aromatic N) is 1. The number of para-hydroxylation sites is 2. The zero-order valence-electron chi connectivity index (χ0n) is 14.2. The highest BCUT2D eigenvalue weighted by Crippen LogP contribution is 2.31. The number of carbonyl (C=O) groups excluding carboxylic acids is 1. The molecule has 2 fully saturated rings. The Kier molecular flexibility index (Phi) is 5.42. The van der Waals surface area contributed by atoms with Crippen LogP contribution in [-0.4, -0.2) is 31.1 Å². The van der Waals surface area contributed by atoms with Crippen LogP contribution < -0.4 is 15.5 Å². The fraction of sp³-hybridized carbons (Fsp3) is 0.632. The molecular weight excluding hydrogens is 286 g/mol. The van der Waals surface area contributed by atoms with Crippen molar-refractivity contribution in [1.29, 1.82) is 0 Å². The van der Waals surface area contributed by atoms with Crippen LogP contribution in [0.25, 0.3) is 0 Å². The third-order valence-electron chi connectivity index (χ3n) is 5.09. The van der Waals surface area contributed by atoms with Crippen molar-refractivity contribution < 1.29 is 4.79 Å². The molecule has 1 aromatic carbocycles. The van der Waals surface area contributed by atoms with Gasteiger partial charge in [0.25, 0.3) is 0 Å². The number of rotatable bonds is 4. The second-order valence-electron chi connectivity index (χ2n) is 6.96. The first-order valence-corrected chi connectivity index (χ1v) is 9.10. The van der Waals surface area contributed by atoms with Gasteiger partial charge in [-0.25, -0.2) is 0 Å². The van der Waals surface area contributed by atoms with Crippen LogP contribution in [-0.2, 0) is 4.79 Å².